The van der Waals surface area contributed by atoms with Crippen LogP contribution in [0.15, 0.2) is 24.3 Å². The molecule has 0 aliphatic carbocycles. The summed E-state index contributed by atoms with van der Waals surface area (Å²) in [5.74, 6) is -1.25. The first-order valence-electron chi connectivity index (χ1n) is 4.40. The van der Waals surface area contributed by atoms with E-state index in [-0.39, 0.29) is 17.6 Å². The fourth-order valence-corrected chi connectivity index (χ4v) is 1.18. The number of nitrogens with one attached hydrogen (secondary N) is 1. The minimum Gasteiger partial charge on any atom is -0.508 e. The smallest absolute Gasteiger partial charge is 0.332 e. The number of hydrogen-bond donors (Lipinski definition) is 3. The van der Waals surface area contributed by atoms with Crippen LogP contribution in [0.5, 0.6) is 5.75 Å². The molecule has 0 fully saturated rings. The van der Waals surface area contributed by atoms with Gasteiger partial charge in [0.05, 0.1) is 0 Å². The molecule has 8 nitrogen and oxygen atoms in total. The first-order chi connectivity index (χ1) is 7.49. The number of hydrazine groups is 1. The predicted octanol–water partition coefficient (Wildman–Crippen LogP) is -0.656. The average Bonchev–Trinajstić information content (AvgIpc) is 2.19. The summed E-state index contributed by atoms with van der Waals surface area (Å²) in [4.78, 5) is 20.8. The summed E-state index contributed by atoms with van der Waals surface area (Å²) >= 11 is 0. The second-order valence-corrected chi connectivity index (χ2v) is 3.15. The van der Waals surface area contributed by atoms with E-state index in [2.05, 4.69) is 0 Å². The van der Waals surface area contributed by atoms with E-state index in [1.807, 2.05) is 0 Å². The number of rotatable bonds is 5. The van der Waals surface area contributed by atoms with Crippen LogP contribution >= 0.6 is 0 Å². The van der Waals surface area contributed by atoms with Crippen LogP contribution in [0.1, 0.15) is 5.56 Å². The molecule has 0 saturated heterocycles. The second kappa shape index (κ2) is 6.28. The molecule has 0 radical (unpaired) electrons. The van der Waals surface area contributed by atoms with E-state index >= 15 is 0 Å². The summed E-state index contributed by atoms with van der Waals surface area (Å²) in [6, 6.07) is 4.50. The number of phenols is 1. The van der Waals surface area contributed by atoms with Gasteiger partial charge in [-0.05, 0) is 17.7 Å². The van der Waals surface area contributed by atoms with E-state index in [0.717, 1.165) is 0 Å². The maximum atomic E-state index is 10.7. The summed E-state index contributed by atoms with van der Waals surface area (Å²) in [6.07, 6.45) is -0.0312. The zero-order valence-corrected chi connectivity index (χ0v) is 8.66. The molecule has 0 bridgehead atoms. The van der Waals surface area contributed by atoms with Crippen molar-refractivity contribution in [2.75, 3.05) is 0 Å². The molecule has 1 aromatic rings. The lowest BCUT2D eigenvalue weighted by molar-refractivity contribution is -0.548. The molecule has 1 atom stereocenters. The van der Waals surface area contributed by atoms with Gasteiger partial charge in [0, 0.05) is 6.42 Å². The molecule has 0 unspecified atom stereocenters. The monoisotopic (exact) mass is 244 g/mol. The van der Waals surface area contributed by atoms with Crippen molar-refractivity contribution in [2.45, 2.75) is 12.5 Å². The molecule has 8 heteroatoms. The van der Waals surface area contributed by atoms with Gasteiger partial charge in [-0.15, -0.1) is 5.43 Å². The van der Waals surface area contributed by atoms with Gasteiger partial charge < -0.3 is 15.7 Å². The average molecular weight is 244 g/mol. The molecule has 17 heavy (non-hydrogen) atoms. The number of phenolic OH excluding ortho intramolecular Hbond substituents is 1. The molecule has 0 saturated carbocycles. The molecule has 0 spiro atoms. The van der Waals surface area contributed by atoms with Gasteiger partial charge in [-0.2, -0.15) is 0 Å². The summed E-state index contributed by atoms with van der Waals surface area (Å²) in [7, 11) is 0. The first-order valence-corrected chi connectivity index (χ1v) is 4.40. The quantitative estimate of drug-likeness (QED) is 0.463. The maximum Gasteiger partial charge on any atom is 0.332 e. The van der Waals surface area contributed by atoms with Crippen LogP contribution in [0.25, 0.3) is 0 Å². The number of nitro groups is 1. The highest BCUT2D eigenvalue weighted by Crippen LogP contribution is 2.11. The number of benzene rings is 1. The Morgan fingerprint density at radius 3 is 2.35 bits per heavy atom. The Hall–Kier alpha value is -2.35. The Morgan fingerprint density at radius 1 is 1.41 bits per heavy atom. The molecule has 94 valence electrons. The lowest BCUT2D eigenvalue weighted by atomic mass is 10.1. The third kappa shape index (κ3) is 4.80. The van der Waals surface area contributed by atoms with Crippen molar-refractivity contribution in [2.24, 2.45) is 0 Å². The van der Waals surface area contributed by atoms with Gasteiger partial charge in [0.15, 0.2) is 11.1 Å². The van der Waals surface area contributed by atoms with Gasteiger partial charge in [-0.25, -0.2) is 14.9 Å². The molecule has 0 aromatic heterocycles. The van der Waals surface area contributed by atoms with Crippen LogP contribution in [-0.4, -0.2) is 32.7 Å². The third-order valence-corrected chi connectivity index (χ3v) is 1.94. The zero-order valence-electron chi connectivity index (χ0n) is 8.66. The molecule has 0 heterocycles. The van der Waals surface area contributed by atoms with Crippen LogP contribution in [0, 0.1) is 10.1 Å². The van der Waals surface area contributed by atoms with Gasteiger partial charge in [0.2, 0.25) is 0 Å². The Balaban J connectivity index is 0.00000256. The van der Waals surface area contributed by atoms with E-state index in [1.165, 1.54) is 24.3 Å². The van der Waals surface area contributed by atoms with Crippen molar-refractivity contribution in [1.82, 2.24) is 5.43 Å². The van der Waals surface area contributed by atoms with Gasteiger partial charge in [-0.3, -0.25) is 0 Å². The van der Waals surface area contributed by atoms with Crippen molar-refractivity contribution in [3.8, 4) is 5.75 Å². The van der Waals surface area contributed by atoms with Crippen molar-refractivity contribution < 1.29 is 25.5 Å². The zero-order chi connectivity index (χ0) is 12.1. The Kier molecular flexibility index (Phi) is 5.41. The molecule has 0 aliphatic rings. The number of aliphatic carboxylic acids is 1. The van der Waals surface area contributed by atoms with Gasteiger partial charge >= 0.3 is 5.97 Å². The topological polar surface area (TPSA) is 144 Å². The van der Waals surface area contributed by atoms with E-state index in [9.17, 15) is 14.9 Å². The molecular formula is C9H12N2O6. The fraction of sp³-hybridized carbons (Fsp3) is 0.222. The van der Waals surface area contributed by atoms with Crippen LogP contribution in [0.4, 0.5) is 0 Å². The lowest BCUT2D eigenvalue weighted by Crippen LogP contribution is -2.41. The van der Waals surface area contributed by atoms with Gasteiger partial charge in [0.25, 0.3) is 0 Å². The van der Waals surface area contributed by atoms with E-state index in [1.54, 1.807) is 5.43 Å². The maximum absolute atomic E-state index is 10.7. The predicted molar refractivity (Wildman–Crippen MR) is 57.0 cm³/mol. The number of carbonyl (C=O) groups is 1. The van der Waals surface area contributed by atoms with Crippen molar-refractivity contribution >= 4 is 5.97 Å². The fourth-order valence-electron chi connectivity index (χ4n) is 1.18. The van der Waals surface area contributed by atoms with Crippen molar-refractivity contribution in [3.05, 3.63) is 39.9 Å². The van der Waals surface area contributed by atoms with Crippen LogP contribution in [0.3, 0.4) is 0 Å². The molecule has 1 aromatic carbocycles. The Bertz CT molecular complexity index is 391. The second-order valence-electron chi connectivity index (χ2n) is 3.15. The number of carboxylic acids is 1. The van der Waals surface area contributed by atoms with E-state index < -0.39 is 17.0 Å². The Morgan fingerprint density at radius 2 is 1.94 bits per heavy atom. The van der Waals surface area contributed by atoms with Crippen molar-refractivity contribution in [3.63, 3.8) is 0 Å². The highest BCUT2D eigenvalue weighted by Gasteiger charge is 2.22. The van der Waals surface area contributed by atoms with Crippen LogP contribution in [0.2, 0.25) is 0 Å². The first kappa shape index (κ1) is 14.6. The van der Waals surface area contributed by atoms with E-state index in [0.29, 0.717) is 5.56 Å². The molecular weight excluding hydrogens is 232 g/mol. The highest BCUT2D eigenvalue weighted by molar-refractivity contribution is 5.73. The number of carboxylic acid groups (broad SMARTS) is 1. The summed E-state index contributed by atoms with van der Waals surface area (Å²) < 4.78 is 0. The van der Waals surface area contributed by atoms with Gasteiger partial charge in [0.1, 0.15) is 5.75 Å². The summed E-state index contributed by atoms with van der Waals surface area (Å²) in [5.41, 5.74) is 2.29. The van der Waals surface area contributed by atoms with Gasteiger partial charge in [-0.1, -0.05) is 12.1 Å². The largest absolute Gasteiger partial charge is 0.508 e. The van der Waals surface area contributed by atoms with Crippen LogP contribution < -0.4 is 5.43 Å². The minimum absolute atomic E-state index is 0. The number of nitrogens with zero attached hydrogens (tertiary/aromatic N) is 1. The molecule has 5 N–H and O–H groups in total. The standard InChI is InChI=1S/C9H10N2O5.H2O/c12-7-3-1-6(2-4-7)5-8(9(13)14)10-11(15)16;/h1-4,8,10,12H,5H2,(H,13,14);1H2/t8-;/m0./s1. The third-order valence-electron chi connectivity index (χ3n) is 1.94. The number of hydrogen-bond acceptors (Lipinski definition) is 4. The molecule has 1 rings (SSSR count). The normalized spacial score (nSPS) is 11.1. The Labute approximate surface area is 95.9 Å². The van der Waals surface area contributed by atoms with Crippen molar-refractivity contribution in [1.29, 1.82) is 0 Å². The molecule has 0 amide bonds. The lowest BCUT2D eigenvalue weighted by Gasteiger charge is -2.08. The minimum atomic E-state index is -1.30. The summed E-state index contributed by atoms with van der Waals surface area (Å²) in [5, 5.41) is 27.0. The van der Waals surface area contributed by atoms with Crippen LogP contribution in [-0.2, 0) is 11.2 Å². The van der Waals surface area contributed by atoms with E-state index in [4.69, 9.17) is 10.2 Å². The SMILES string of the molecule is O.O=C(O)[C@H](Cc1ccc(O)cc1)N[N+](=O)[O-]. The highest BCUT2D eigenvalue weighted by atomic mass is 16.7. The summed E-state index contributed by atoms with van der Waals surface area (Å²) in [6.45, 7) is 0. The molecule has 0 aliphatic heterocycles. The number of aromatic hydroxyl groups is 1.